The van der Waals surface area contributed by atoms with E-state index in [0.29, 0.717) is 24.3 Å². The molecule has 2 N–H and O–H groups in total. The Kier molecular flexibility index (Phi) is 6.05. The zero-order valence-electron chi connectivity index (χ0n) is 15.3. The van der Waals surface area contributed by atoms with E-state index in [1.54, 1.807) is 24.3 Å². The lowest BCUT2D eigenvalue weighted by Gasteiger charge is -2.20. The molecular formula is C19H22N4O4S. The third-order valence-electron chi connectivity index (χ3n) is 4.62. The highest BCUT2D eigenvalue weighted by atomic mass is 32.2. The van der Waals surface area contributed by atoms with Crippen molar-refractivity contribution in [1.82, 2.24) is 4.31 Å². The molecule has 9 heteroatoms. The molecule has 8 nitrogen and oxygen atoms in total. The van der Waals surface area contributed by atoms with E-state index in [4.69, 9.17) is 5.73 Å². The minimum Gasteiger partial charge on any atom is -0.383 e. The number of nitro benzene ring substituents is 1. The van der Waals surface area contributed by atoms with Gasteiger partial charge in [0, 0.05) is 30.8 Å². The van der Waals surface area contributed by atoms with Gasteiger partial charge in [0.15, 0.2) is 0 Å². The van der Waals surface area contributed by atoms with E-state index < -0.39 is 14.9 Å². The molecule has 1 aliphatic rings. The highest BCUT2D eigenvalue weighted by molar-refractivity contribution is 7.89. The Hall–Kier alpha value is -2.78. The Morgan fingerprint density at radius 2 is 1.71 bits per heavy atom. The fourth-order valence-corrected chi connectivity index (χ4v) is 4.69. The van der Waals surface area contributed by atoms with Crippen molar-refractivity contribution in [3.8, 4) is 0 Å². The molecule has 0 atom stereocenters. The average Bonchev–Trinajstić information content (AvgIpc) is 2.98. The molecule has 0 radical (unpaired) electrons. The molecule has 1 aliphatic heterocycles. The van der Waals surface area contributed by atoms with Crippen molar-refractivity contribution in [2.24, 2.45) is 10.7 Å². The van der Waals surface area contributed by atoms with Crippen LogP contribution in [0.5, 0.6) is 0 Å². The number of hydrogen-bond donors (Lipinski definition) is 1. The third-order valence-corrected chi connectivity index (χ3v) is 6.52. The first-order valence-electron chi connectivity index (χ1n) is 9.07. The van der Waals surface area contributed by atoms with E-state index in [2.05, 4.69) is 4.99 Å². The van der Waals surface area contributed by atoms with Gasteiger partial charge >= 0.3 is 0 Å². The van der Waals surface area contributed by atoms with Gasteiger partial charge in [-0.15, -0.1) is 0 Å². The summed E-state index contributed by atoms with van der Waals surface area (Å²) in [7, 11) is -3.60. The molecule has 2 aromatic rings. The van der Waals surface area contributed by atoms with Crippen molar-refractivity contribution in [3.05, 3.63) is 64.2 Å². The molecule has 0 spiro atoms. The van der Waals surface area contributed by atoms with Gasteiger partial charge in [0.1, 0.15) is 5.84 Å². The maximum atomic E-state index is 13.0. The van der Waals surface area contributed by atoms with Crippen LogP contribution in [-0.2, 0) is 10.0 Å². The maximum Gasteiger partial charge on any atom is 0.271 e. The van der Waals surface area contributed by atoms with Crippen LogP contribution in [-0.4, -0.2) is 36.6 Å². The number of hydrogen-bond acceptors (Lipinski definition) is 5. The molecule has 3 rings (SSSR count). The van der Waals surface area contributed by atoms with Gasteiger partial charge in [-0.1, -0.05) is 31.0 Å². The van der Waals surface area contributed by atoms with Gasteiger partial charge < -0.3 is 5.73 Å². The van der Waals surface area contributed by atoms with Crippen LogP contribution < -0.4 is 5.73 Å². The Balaban J connectivity index is 1.90. The molecule has 148 valence electrons. The normalized spacial score (nSPS) is 16.5. The second-order valence-electron chi connectivity index (χ2n) is 6.62. The molecule has 1 fully saturated rings. The van der Waals surface area contributed by atoms with Crippen LogP contribution in [0.4, 0.5) is 11.4 Å². The highest BCUT2D eigenvalue weighted by Crippen LogP contribution is 2.23. The summed E-state index contributed by atoms with van der Waals surface area (Å²) < 4.78 is 27.4. The van der Waals surface area contributed by atoms with Crippen LogP contribution in [0, 0.1) is 10.1 Å². The SMILES string of the molecule is N/C(=N\c1cccc([N+](=O)[O-])c1)c1cccc(S(=O)(=O)N2CCCCCC2)c1. The van der Waals surface area contributed by atoms with E-state index in [1.807, 2.05) is 0 Å². The topological polar surface area (TPSA) is 119 Å². The highest BCUT2D eigenvalue weighted by Gasteiger charge is 2.25. The summed E-state index contributed by atoms with van der Waals surface area (Å²) in [6, 6.07) is 12.1. The van der Waals surface area contributed by atoms with Gasteiger partial charge in [0.25, 0.3) is 5.69 Å². The predicted octanol–water partition coefficient (Wildman–Crippen LogP) is 3.20. The molecule has 0 unspecified atom stereocenters. The van der Waals surface area contributed by atoms with Crippen molar-refractivity contribution in [2.75, 3.05) is 13.1 Å². The van der Waals surface area contributed by atoms with Crippen molar-refractivity contribution >= 4 is 27.2 Å². The van der Waals surface area contributed by atoms with Crippen molar-refractivity contribution in [3.63, 3.8) is 0 Å². The minimum atomic E-state index is -3.60. The second kappa shape index (κ2) is 8.49. The molecule has 0 aliphatic carbocycles. The molecule has 0 amide bonds. The Bertz CT molecular complexity index is 996. The summed E-state index contributed by atoms with van der Waals surface area (Å²) >= 11 is 0. The zero-order chi connectivity index (χ0) is 20.1. The molecular weight excluding hydrogens is 380 g/mol. The van der Waals surface area contributed by atoms with Crippen LogP contribution in [0.1, 0.15) is 31.2 Å². The first-order valence-corrected chi connectivity index (χ1v) is 10.5. The molecule has 1 heterocycles. The molecule has 0 aromatic heterocycles. The van der Waals surface area contributed by atoms with Crippen LogP contribution in [0.2, 0.25) is 0 Å². The molecule has 2 aromatic carbocycles. The van der Waals surface area contributed by atoms with Gasteiger partial charge in [0.2, 0.25) is 10.0 Å². The number of nitrogens with zero attached hydrogens (tertiary/aromatic N) is 3. The van der Waals surface area contributed by atoms with Gasteiger partial charge in [-0.2, -0.15) is 4.31 Å². The number of nitro groups is 1. The molecule has 0 saturated carbocycles. The van der Waals surface area contributed by atoms with Crippen LogP contribution in [0.25, 0.3) is 0 Å². The smallest absolute Gasteiger partial charge is 0.271 e. The van der Waals surface area contributed by atoms with Gasteiger partial charge in [0.05, 0.1) is 15.5 Å². The molecule has 1 saturated heterocycles. The Morgan fingerprint density at radius 1 is 1.04 bits per heavy atom. The lowest BCUT2D eigenvalue weighted by Crippen LogP contribution is -2.32. The van der Waals surface area contributed by atoms with Gasteiger partial charge in [-0.3, -0.25) is 10.1 Å². The lowest BCUT2D eigenvalue weighted by atomic mass is 10.2. The second-order valence-corrected chi connectivity index (χ2v) is 8.56. The summed E-state index contributed by atoms with van der Waals surface area (Å²) in [4.78, 5) is 14.8. The number of aliphatic imine (C=N–C) groups is 1. The Morgan fingerprint density at radius 3 is 2.39 bits per heavy atom. The zero-order valence-corrected chi connectivity index (χ0v) is 16.1. The maximum absolute atomic E-state index is 13.0. The van der Waals surface area contributed by atoms with E-state index in [-0.39, 0.29) is 16.4 Å². The fourth-order valence-electron chi connectivity index (χ4n) is 3.13. The van der Waals surface area contributed by atoms with E-state index >= 15 is 0 Å². The monoisotopic (exact) mass is 402 g/mol. The minimum absolute atomic E-state index is 0.0911. The van der Waals surface area contributed by atoms with Crippen LogP contribution in [0.15, 0.2) is 58.4 Å². The quantitative estimate of drug-likeness (QED) is 0.356. The average molecular weight is 402 g/mol. The first kappa shape index (κ1) is 20.0. The third kappa shape index (κ3) is 4.55. The summed E-state index contributed by atoms with van der Waals surface area (Å²) in [5, 5.41) is 10.9. The van der Waals surface area contributed by atoms with E-state index in [1.165, 1.54) is 28.6 Å². The van der Waals surface area contributed by atoms with E-state index in [9.17, 15) is 18.5 Å². The number of amidine groups is 1. The molecule has 0 bridgehead atoms. The summed E-state index contributed by atoms with van der Waals surface area (Å²) in [6.45, 7) is 1.04. The fraction of sp³-hybridized carbons (Fsp3) is 0.316. The van der Waals surface area contributed by atoms with Gasteiger partial charge in [-0.25, -0.2) is 13.4 Å². The predicted molar refractivity (Wildman–Crippen MR) is 107 cm³/mol. The number of rotatable bonds is 5. The Labute approximate surface area is 163 Å². The summed E-state index contributed by atoms with van der Waals surface area (Å²) in [5.74, 6) is 0.0911. The summed E-state index contributed by atoms with van der Waals surface area (Å²) in [6.07, 6.45) is 3.79. The lowest BCUT2D eigenvalue weighted by molar-refractivity contribution is -0.384. The number of nitrogens with two attached hydrogens (primary N) is 1. The number of non-ortho nitro benzene ring substituents is 1. The van der Waals surface area contributed by atoms with E-state index in [0.717, 1.165) is 25.7 Å². The number of sulfonamides is 1. The van der Waals surface area contributed by atoms with Crippen molar-refractivity contribution in [2.45, 2.75) is 30.6 Å². The number of benzene rings is 2. The van der Waals surface area contributed by atoms with Crippen LogP contribution >= 0.6 is 0 Å². The van der Waals surface area contributed by atoms with Gasteiger partial charge in [-0.05, 0) is 31.0 Å². The largest absolute Gasteiger partial charge is 0.383 e. The summed E-state index contributed by atoms with van der Waals surface area (Å²) in [5.41, 5.74) is 6.72. The molecule has 28 heavy (non-hydrogen) atoms. The first-order chi connectivity index (χ1) is 13.4. The standard InChI is InChI=1S/C19H22N4O4S/c20-19(21-16-8-6-9-17(14-16)23(24)25)15-7-5-10-18(13-15)28(26,27)22-11-3-1-2-4-12-22/h5-10,13-14H,1-4,11-12H2,(H2,20,21). The van der Waals surface area contributed by atoms with Crippen molar-refractivity contribution in [1.29, 1.82) is 0 Å². The van der Waals surface area contributed by atoms with Crippen LogP contribution in [0.3, 0.4) is 0 Å². The van der Waals surface area contributed by atoms with Crippen molar-refractivity contribution < 1.29 is 13.3 Å².